The van der Waals surface area contributed by atoms with Gasteiger partial charge in [0.1, 0.15) is 10.4 Å². The monoisotopic (exact) mass is 274 g/mol. The molecule has 0 fully saturated rings. The Kier molecular flexibility index (Phi) is 4.69. The van der Waals surface area contributed by atoms with Crippen molar-refractivity contribution in [3.05, 3.63) is 53.3 Å². The third-order valence-electron chi connectivity index (χ3n) is 2.41. The minimum Gasteiger partial charge on any atom is -0.493 e. The maximum Gasteiger partial charge on any atom is 0.227 e. The maximum atomic E-state index is 11.7. The van der Waals surface area contributed by atoms with Gasteiger partial charge in [0.15, 0.2) is 0 Å². The van der Waals surface area contributed by atoms with Crippen LogP contribution in [0.3, 0.4) is 0 Å². The Morgan fingerprint density at radius 3 is 2.68 bits per heavy atom. The second-order valence-electron chi connectivity index (χ2n) is 3.90. The second kappa shape index (κ2) is 6.70. The van der Waals surface area contributed by atoms with Crippen molar-refractivity contribution in [1.29, 1.82) is 0 Å². The molecule has 19 heavy (non-hydrogen) atoms. The highest BCUT2D eigenvalue weighted by atomic mass is 32.1. The van der Waals surface area contributed by atoms with Gasteiger partial charge >= 0.3 is 0 Å². The first-order chi connectivity index (χ1) is 9.24. The number of benzene rings is 1. The Morgan fingerprint density at radius 1 is 1.21 bits per heavy atom. The number of carbonyl (C=O) groups is 1. The van der Waals surface area contributed by atoms with Gasteiger partial charge in [-0.2, -0.15) is 0 Å². The normalized spacial score (nSPS) is 9.89. The fourth-order valence-electron chi connectivity index (χ4n) is 1.49. The fourth-order valence-corrected chi connectivity index (χ4v) is 1.62. The summed E-state index contributed by atoms with van der Waals surface area (Å²) in [5.74, 6) is 0.667. The Balaban J connectivity index is 1.76. The summed E-state index contributed by atoms with van der Waals surface area (Å²) in [6.45, 7) is 0.346. The van der Waals surface area contributed by atoms with Crippen LogP contribution in [0, 0.1) is 4.64 Å². The Morgan fingerprint density at radius 2 is 2.00 bits per heavy atom. The number of para-hydroxylation sites is 1. The van der Waals surface area contributed by atoms with Gasteiger partial charge in [0.05, 0.1) is 18.7 Å². The lowest BCUT2D eigenvalue weighted by atomic mass is 10.3. The van der Waals surface area contributed by atoms with E-state index in [1.54, 1.807) is 18.3 Å². The molecule has 0 aliphatic heterocycles. The molecule has 5 heteroatoms. The molecule has 98 valence electrons. The number of carbonyl (C=O) groups excluding carboxylic acids is 1. The number of pyridine rings is 1. The van der Waals surface area contributed by atoms with Crippen molar-refractivity contribution < 1.29 is 9.53 Å². The van der Waals surface area contributed by atoms with E-state index in [0.717, 1.165) is 5.75 Å². The molecule has 1 aromatic carbocycles. The number of ether oxygens (including phenoxy) is 1. The van der Waals surface area contributed by atoms with E-state index in [-0.39, 0.29) is 5.91 Å². The topological polar surface area (TPSA) is 54.1 Å². The molecule has 0 bridgehead atoms. The van der Waals surface area contributed by atoms with Gasteiger partial charge < -0.3 is 15.0 Å². The third kappa shape index (κ3) is 4.56. The van der Waals surface area contributed by atoms with E-state index < -0.39 is 0 Å². The fraction of sp³-hybridized carbons (Fsp3) is 0.143. The van der Waals surface area contributed by atoms with Crippen molar-refractivity contribution in [3.63, 3.8) is 0 Å². The molecule has 0 aliphatic rings. The van der Waals surface area contributed by atoms with Gasteiger partial charge in [0.2, 0.25) is 5.91 Å². The van der Waals surface area contributed by atoms with E-state index in [2.05, 4.69) is 10.3 Å². The summed E-state index contributed by atoms with van der Waals surface area (Å²) in [5.41, 5.74) is 0.693. The molecule has 1 heterocycles. The molecule has 0 unspecified atom stereocenters. The molecule has 1 aromatic heterocycles. The molecular weight excluding hydrogens is 260 g/mol. The summed E-state index contributed by atoms with van der Waals surface area (Å²) in [4.78, 5) is 14.5. The van der Waals surface area contributed by atoms with Gasteiger partial charge in [-0.1, -0.05) is 30.4 Å². The highest BCUT2D eigenvalue weighted by Crippen LogP contribution is 2.09. The Bertz CT molecular complexity index is 575. The summed E-state index contributed by atoms with van der Waals surface area (Å²) in [6.07, 6.45) is 1.96. The number of amides is 1. The lowest BCUT2D eigenvalue weighted by molar-refractivity contribution is -0.116. The van der Waals surface area contributed by atoms with Crippen molar-refractivity contribution in [1.82, 2.24) is 4.98 Å². The van der Waals surface area contributed by atoms with E-state index >= 15 is 0 Å². The van der Waals surface area contributed by atoms with Crippen LogP contribution in [0.2, 0.25) is 0 Å². The zero-order valence-electron chi connectivity index (χ0n) is 10.3. The minimum absolute atomic E-state index is 0.0959. The average Bonchev–Trinajstić information content (AvgIpc) is 2.43. The minimum atomic E-state index is -0.0959. The Labute approximate surface area is 116 Å². The first-order valence-electron chi connectivity index (χ1n) is 5.90. The first-order valence-corrected chi connectivity index (χ1v) is 6.31. The molecule has 0 saturated heterocycles. The molecule has 0 spiro atoms. The highest BCUT2D eigenvalue weighted by molar-refractivity contribution is 7.71. The summed E-state index contributed by atoms with van der Waals surface area (Å²) < 4.78 is 6.08. The SMILES string of the molecule is O=C(CCOc1ccccc1)Nc1ccc(=S)[nH]c1. The van der Waals surface area contributed by atoms with Gasteiger partial charge in [-0.3, -0.25) is 4.79 Å². The summed E-state index contributed by atoms with van der Waals surface area (Å²) in [5, 5.41) is 2.76. The number of hydrogen-bond acceptors (Lipinski definition) is 3. The molecule has 0 atom stereocenters. The van der Waals surface area contributed by atoms with Crippen molar-refractivity contribution in [2.75, 3.05) is 11.9 Å². The zero-order chi connectivity index (χ0) is 13.5. The summed E-state index contributed by atoms with van der Waals surface area (Å²) in [6, 6.07) is 12.9. The Hall–Kier alpha value is -2.14. The summed E-state index contributed by atoms with van der Waals surface area (Å²) in [7, 11) is 0. The number of H-pyrrole nitrogens is 1. The van der Waals surface area contributed by atoms with E-state index in [1.165, 1.54) is 0 Å². The standard InChI is InChI=1S/C14H14N2O2S/c17-13(16-11-6-7-14(19)15-10-11)8-9-18-12-4-2-1-3-5-12/h1-7,10H,8-9H2,(H,15,19)(H,16,17). The summed E-state index contributed by atoms with van der Waals surface area (Å²) >= 11 is 4.92. The van der Waals surface area contributed by atoms with Gasteiger partial charge in [0, 0.05) is 6.20 Å². The molecule has 1 amide bonds. The molecule has 0 saturated carbocycles. The number of nitrogens with one attached hydrogen (secondary N) is 2. The lowest BCUT2D eigenvalue weighted by Gasteiger charge is -2.07. The van der Waals surface area contributed by atoms with Gasteiger partial charge in [-0.25, -0.2) is 0 Å². The van der Waals surface area contributed by atoms with Gasteiger partial charge in [-0.15, -0.1) is 0 Å². The molecule has 2 rings (SSSR count). The van der Waals surface area contributed by atoms with Crippen LogP contribution in [0.25, 0.3) is 0 Å². The maximum absolute atomic E-state index is 11.7. The van der Waals surface area contributed by atoms with E-state index in [0.29, 0.717) is 23.4 Å². The van der Waals surface area contributed by atoms with E-state index in [9.17, 15) is 4.79 Å². The predicted octanol–water partition coefficient (Wildman–Crippen LogP) is 3.15. The molecule has 2 N–H and O–H groups in total. The van der Waals surface area contributed by atoms with Crippen LogP contribution >= 0.6 is 12.2 Å². The molecular formula is C14H14N2O2S. The lowest BCUT2D eigenvalue weighted by Crippen LogP contribution is -2.15. The highest BCUT2D eigenvalue weighted by Gasteiger charge is 2.02. The number of aromatic amines is 1. The van der Waals surface area contributed by atoms with Crippen LogP contribution in [-0.4, -0.2) is 17.5 Å². The van der Waals surface area contributed by atoms with Crippen molar-refractivity contribution in [2.24, 2.45) is 0 Å². The zero-order valence-corrected chi connectivity index (χ0v) is 11.1. The first kappa shape index (κ1) is 13.3. The van der Waals surface area contributed by atoms with Crippen LogP contribution in [0.4, 0.5) is 5.69 Å². The molecule has 2 aromatic rings. The van der Waals surface area contributed by atoms with Crippen molar-refractivity contribution in [3.8, 4) is 5.75 Å². The van der Waals surface area contributed by atoms with Crippen molar-refractivity contribution >= 4 is 23.8 Å². The van der Waals surface area contributed by atoms with Crippen molar-refractivity contribution in [2.45, 2.75) is 6.42 Å². The molecule has 0 radical (unpaired) electrons. The predicted molar refractivity (Wildman–Crippen MR) is 76.8 cm³/mol. The van der Waals surface area contributed by atoms with Gasteiger partial charge in [0.25, 0.3) is 0 Å². The van der Waals surface area contributed by atoms with Crippen LogP contribution < -0.4 is 10.1 Å². The largest absolute Gasteiger partial charge is 0.493 e. The van der Waals surface area contributed by atoms with Crippen LogP contribution in [0.5, 0.6) is 5.75 Å². The number of aromatic nitrogens is 1. The van der Waals surface area contributed by atoms with Crippen LogP contribution in [0.1, 0.15) is 6.42 Å². The van der Waals surface area contributed by atoms with E-state index in [4.69, 9.17) is 17.0 Å². The number of hydrogen-bond donors (Lipinski definition) is 2. The quantitative estimate of drug-likeness (QED) is 0.823. The van der Waals surface area contributed by atoms with Gasteiger partial charge in [-0.05, 0) is 24.3 Å². The third-order valence-corrected chi connectivity index (χ3v) is 2.66. The average molecular weight is 274 g/mol. The molecule has 4 nitrogen and oxygen atoms in total. The smallest absolute Gasteiger partial charge is 0.227 e. The van der Waals surface area contributed by atoms with Crippen LogP contribution in [-0.2, 0) is 4.79 Å². The number of anilines is 1. The second-order valence-corrected chi connectivity index (χ2v) is 4.34. The van der Waals surface area contributed by atoms with E-state index in [1.807, 2.05) is 30.3 Å². The van der Waals surface area contributed by atoms with Crippen LogP contribution in [0.15, 0.2) is 48.7 Å². The number of rotatable bonds is 5. The molecule has 0 aliphatic carbocycles.